The van der Waals surface area contributed by atoms with Crippen LogP contribution in [0.1, 0.15) is 36.0 Å². The number of hydrogen-bond donors (Lipinski definition) is 0. The van der Waals surface area contributed by atoms with Crippen LogP contribution in [0.5, 0.6) is 5.75 Å². The minimum Gasteiger partial charge on any atom is -0.497 e. The fourth-order valence-electron chi connectivity index (χ4n) is 4.94. The van der Waals surface area contributed by atoms with Gasteiger partial charge in [0.05, 0.1) is 18.4 Å². The van der Waals surface area contributed by atoms with E-state index >= 15 is 0 Å². The normalized spacial score (nSPS) is 17.6. The highest BCUT2D eigenvalue weighted by Gasteiger charge is 2.30. The Morgan fingerprint density at radius 2 is 1.72 bits per heavy atom. The number of amides is 1. The van der Waals surface area contributed by atoms with Gasteiger partial charge in [-0.3, -0.25) is 4.79 Å². The summed E-state index contributed by atoms with van der Waals surface area (Å²) in [4.78, 5) is 18.3. The highest BCUT2D eigenvalue weighted by Crippen LogP contribution is 2.29. The Balaban J connectivity index is 1.44. The Bertz CT molecular complexity index is 1060. The van der Waals surface area contributed by atoms with Gasteiger partial charge in [-0.25, -0.2) is 4.68 Å². The summed E-state index contributed by atoms with van der Waals surface area (Å²) >= 11 is 0. The summed E-state index contributed by atoms with van der Waals surface area (Å²) in [6.45, 7) is 4.02. The lowest BCUT2D eigenvalue weighted by molar-refractivity contribution is 0.0645. The van der Waals surface area contributed by atoms with Gasteiger partial charge >= 0.3 is 0 Å². The second kappa shape index (κ2) is 9.17. The maximum Gasteiger partial charge on any atom is 0.257 e. The van der Waals surface area contributed by atoms with Crippen molar-refractivity contribution >= 4 is 5.91 Å². The summed E-state index contributed by atoms with van der Waals surface area (Å²) in [7, 11) is 1.65. The van der Waals surface area contributed by atoms with Crippen LogP contribution in [-0.4, -0.2) is 64.8 Å². The summed E-state index contributed by atoms with van der Waals surface area (Å²) in [6, 6.07) is 18.3. The van der Waals surface area contributed by atoms with Crippen LogP contribution >= 0.6 is 0 Å². The number of aromatic nitrogens is 2. The first-order valence-electron chi connectivity index (χ1n) is 11.6. The number of likely N-dealkylation sites (tertiary alicyclic amines) is 2. The van der Waals surface area contributed by atoms with E-state index in [9.17, 15) is 4.79 Å². The van der Waals surface area contributed by atoms with E-state index in [0.717, 1.165) is 42.9 Å². The molecule has 1 amide bonds. The van der Waals surface area contributed by atoms with E-state index in [2.05, 4.69) is 4.90 Å². The van der Waals surface area contributed by atoms with Crippen LogP contribution in [0.25, 0.3) is 16.9 Å². The summed E-state index contributed by atoms with van der Waals surface area (Å²) in [6.07, 6.45) is 6.59. The number of carbonyl (C=O) groups excluding carboxylic acids is 1. The topological polar surface area (TPSA) is 50.6 Å². The molecule has 0 aliphatic carbocycles. The Morgan fingerprint density at radius 1 is 0.969 bits per heavy atom. The zero-order valence-electron chi connectivity index (χ0n) is 18.6. The van der Waals surface area contributed by atoms with Gasteiger partial charge < -0.3 is 14.5 Å². The van der Waals surface area contributed by atoms with Crippen LogP contribution in [0.15, 0.2) is 60.8 Å². The molecule has 6 nitrogen and oxygen atoms in total. The largest absolute Gasteiger partial charge is 0.497 e. The molecule has 2 aromatic carbocycles. The van der Waals surface area contributed by atoms with Crippen molar-refractivity contribution in [1.82, 2.24) is 19.6 Å². The molecule has 32 heavy (non-hydrogen) atoms. The summed E-state index contributed by atoms with van der Waals surface area (Å²) in [5.74, 6) is 0.812. The number of piperidine rings is 1. The summed E-state index contributed by atoms with van der Waals surface area (Å²) < 4.78 is 7.21. The Kier molecular flexibility index (Phi) is 5.95. The number of hydrogen-bond acceptors (Lipinski definition) is 4. The first-order chi connectivity index (χ1) is 15.7. The predicted molar refractivity (Wildman–Crippen MR) is 125 cm³/mol. The van der Waals surface area contributed by atoms with Crippen molar-refractivity contribution < 1.29 is 9.53 Å². The average molecular weight is 431 g/mol. The Labute approximate surface area is 189 Å². The molecule has 6 heteroatoms. The van der Waals surface area contributed by atoms with Crippen LogP contribution < -0.4 is 4.74 Å². The zero-order chi connectivity index (χ0) is 21.9. The van der Waals surface area contributed by atoms with E-state index in [1.165, 1.54) is 25.9 Å². The van der Waals surface area contributed by atoms with Crippen molar-refractivity contribution in [2.24, 2.45) is 0 Å². The smallest absolute Gasteiger partial charge is 0.257 e. The highest BCUT2D eigenvalue weighted by atomic mass is 16.5. The minimum atomic E-state index is 0.0601. The standard InChI is InChI=1S/C26H30N4O2/c1-32-23-11-7-8-20(18-23)25-24(19-30(27-25)22-9-3-2-4-10-22)26(31)29-16-12-21(13-17-29)28-14-5-6-15-28/h2-4,7-11,18-19,21H,5-6,12-17H2,1H3. The van der Waals surface area contributed by atoms with Crippen LogP contribution in [0.3, 0.4) is 0 Å². The summed E-state index contributed by atoms with van der Waals surface area (Å²) in [5.41, 5.74) is 3.15. The summed E-state index contributed by atoms with van der Waals surface area (Å²) in [5, 5.41) is 4.83. The van der Waals surface area contributed by atoms with Crippen LogP contribution in [0, 0.1) is 0 Å². The second-order valence-electron chi connectivity index (χ2n) is 8.67. The van der Waals surface area contributed by atoms with E-state index in [0.29, 0.717) is 17.3 Å². The predicted octanol–water partition coefficient (Wildman–Crippen LogP) is 4.25. The van der Waals surface area contributed by atoms with Crippen molar-refractivity contribution in [3.05, 3.63) is 66.4 Å². The monoisotopic (exact) mass is 430 g/mol. The minimum absolute atomic E-state index is 0.0601. The molecule has 2 aliphatic heterocycles. The van der Waals surface area contributed by atoms with Crippen molar-refractivity contribution in [2.75, 3.05) is 33.3 Å². The van der Waals surface area contributed by atoms with Gasteiger partial charge in [-0.1, -0.05) is 30.3 Å². The second-order valence-corrected chi connectivity index (χ2v) is 8.67. The van der Waals surface area contributed by atoms with Gasteiger partial charge in [-0.15, -0.1) is 0 Å². The molecule has 0 saturated carbocycles. The molecule has 0 atom stereocenters. The van der Waals surface area contributed by atoms with E-state index in [1.54, 1.807) is 11.8 Å². The fourth-order valence-corrected chi connectivity index (χ4v) is 4.94. The Hall–Kier alpha value is -3.12. The molecule has 2 aliphatic rings. The van der Waals surface area contributed by atoms with Gasteiger partial charge in [-0.05, 0) is 63.0 Å². The Morgan fingerprint density at radius 3 is 2.44 bits per heavy atom. The van der Waals surface area contributed by atoms with Gasteiger partial charge in [0.15, 0.2) is 0 Å². The van der Waals surface area contributed by atoms with Crippen LogP contribution in [0.4, 0.5) is 0 Å². The molecule has 2 fully saturated rings. The molecule has 0 radical (unpaired) electrons. The van der Waals surface area contributed by atoms with Crippen LogP contribution in [-0.2, 0) is 0 Å². The first kappa shape index (κ1) is 20.8. The van der Waals surface area contributed by atoms with Crippen molar-refractivity contribution in [2.45, 2.75) is 31.7 Å². The number of nitrogens with zero attached hydrogens (tertiary/aromatic N) is 4. The van der Waals surface area contributed by atoms with Crippen LogP contribution in [0.2, 0.25) is 0 Å². The lowest BCUT2D eigenvalue weighted by Crippen LogP contribution is -2.45. The molecule has 0 spiro atoms. The molecule has 3 heterocycles. The van der Waals surface area contributed by atoms with Crippen molar-refractivity contribution in [1.29, 1.82) is 0 Å². The third kappa shape index (κ3) is 4.15. The molecule has 0 unspecified atom stereocenters. The average Bonchev–Trinajstić information content (AvgIpc) is 3.55. The number of methoxy groups -OCH3 is 1. The quantitative estimate of drug-likeness (QED) is 0.607. The molecule has 1 aromatic heterocycles. The molecule has 0 N–H and O–H groups in total. The van der Waals surface area contributed by atoms with Gasteiger partial charge in [0, 0.05) is 30.9 Å². The van der Waals surface area contributed by atoms with E-state index in [1.807, 2.05) is 65.7 Å². The lowest BCUT2D eigenvalue weighted by atomic mass is 10.0. The third-order valence-electron chi connectivity index (χ3n) is 6.72. The number of ether oxygens (including phenoxy) is 1. The van der Waals surface area contributed by atoms with E-state index < -0.39 is 0 Å². The van der Waals surface area contributed by atoms with Gasteiger partial charge in [0.25, 0.3) is 5.91 Å². The van der Waals surface area contributed by atoms with Crippen molar-refractivity contribution in [3.63, 3.8) is 0 Å². The number of benzene rings is 2. The number of carbonyl (C=O) groups is 1. The highest BCUT2D eigenvalue weighted by molar-refractivity contribution is 6.00. The fraction of sp³-hybridized carbons (Fsp3) is 0.385. The van der Waals surface area contributed by atoms with Gasteiger partial charge in [0.1, 0.15) is 11.4 Å². The molecular formula is C26H30N4O2. The molecule has 2 saturated heterocycles. The SMILES string of the molecule is COc1cccc(-c2nn(-c3ccccc3)cc2C(=O)N2CCC(N3CCCC3)CC2)c1. The number of rotatable bonds is 5. The first-order valence-corrected chi connectivity index (χ1v) is 11.6. The zero-order valence-corrected chi connectivity index (χ0v) is 18.6. The maximum absolute atomic E-state index is 13.6. The van der Waals surface area contributed by atoms with Crippen molar-refractivity contribution in [3.8, 4) is 22.7 Å². The molecule has 0 bridgehead atoms. The molecule has 3 aromatic rings. The maximum atomic E-state index is 13.6. The molecular weight excluding hydrogens is 400 g/mol. The van der Waals surface area contributed by atoms with E-state index in [4.69, 9.17) is 9.84 Å². The molecule has 166 valence electrons. The van der Waals surface area contributed by atoms with Gasteiger partial charge in [-0.2, -0.15) is 5.10 Å². The number of para-hydroxylation sites is 1. The third-order valence-corrected chi connectivity index (χ3v) is 6.72. The molecule has 5 rings (SSSR count). The lowest BCUT2D eigenvalue weighted by Gasteiger charge is -2.36. The van der Waals surface area contributed by atoms with Gasteiger partial charge in [0.2, 0.25) is 0 Å². The van der Waals surface area contributed by atoms with E-state index in [-0.39, 0.29) is 5.91 Å².